The number of hydrogen-bond donors (Lipinski definition) is 1. The molecular formula is C24H20FNO4S. The zero-order valence-electron chi connectivity index (χ0n) is 16.9. The highest BCUT2D eigenvalue weighted by Gasteiger charge is 2.20. The van der Waals surface area contributed by atoms with Crippen LogP contribution in [-0.4, -0.2) is 31.5 Å². The molecule has 0 amide bonds. The highest BCUT2D eigenvalue weighted by atomic mass is 32.2. The summed E-state index contributed by atoms with van der Waals surface area (Å²) in [5.74, 6) is 0.195. The van der Waals surface area contributed by atoms with Crippen molar-refractivity contribution in [2.45, 2.75) is 4.90 Å². The smallest absolute Gasteiger partial charge is 0.204 e. The van der Waals surface area contributed by atoms with E-state index in [9.17, 15) is 17.9 Å². The molecule has 4 rings (SSSR count). The Hall–Kier alpha value is -3.58. The van der Waals surface area contributed by atoms with Gasteiger partial charge in [-0.3, -0.25) is 4.57 Å². The third-order valence-electron chi connectivity index (χ3n) is 5.04. The first-order valence-corrected chi connectivity index (χ1v) is 11.3. The molecular weight excluding hydrogens is 417 g/mol. The maximum absolute atomic E-state index is 13.8. The second-order valence-electron chi connectivity index (χ2n) is 7.12. The Kier molecular flexibility index (Phi) is 5.29. The van der Waals surface area contributed by atoms with Crippen molar-refractivity contribution in [1.29, 1.82) is 0 Å². The fraction of sp³-hybridized carbons (Fsp3) is 0.0833. The molecule has 0 aliphatic carbocycles. The van der Waals surface area contributed by atoms with Crippen LogP contribution < -0.4 is 4.74 Å². The van der Waals surface area contributed by atoms with E-state index in [1.165, 1.54) is 28.8 Å². The first-order chi connectivity index (χ1) is 14.8. The molecule has 7 heteroatoms. The first kappa shape index (κ1) is 20.7. The van der Waals surface area contributed by atoms with E-state index < -0.39 is 15.7 Å². The summed E-state index contributed by atoms with van der Waals surface area (Å²) < 4.78 is 44.2. The summed E-state index contributed by atoms with van der Waals surface area (Å²) in [6, 6.07) is 19.6. The van der Waals surface area contributed by atoms with Crippen molar-refractivity contribution in [3.05, 3.63) is 84.8 Å². The summed E-state index contributed by atoms with van der Waals surface area (Å²) >= 11 is 0. The third kappa shape index (κ3) is 4.04. The van der Waals surface area contributed by atoms with E-state index in [1.807, 2.05) is 12.1 Å². The number of aromatic nitrogens is 1. The number of nitrogens with zero attached hydrogens (tertiary/aromatic N) is 1. The summed E-state index contributed by atoms with van der Waals surface area (Å²) in [5.41, 5.74) is 3.12. The highest BCUT2D eigenvalue weighted by molar-refractivity contribution is 7.90. The van der Waals surface area contributed by atoms with Gasteiger partial charge in [0.25, 0.3) is 0 Å². The lowest BCUT2D eigenvalue weighted by Crippen LogP contribution is -1.96. The molecule has 0 unspecified atom stereocenters. The van der Waals surface area contributed by atoms with Crippen molar-refractivity contribution in [2.24, 2.45) is 0 Å². The maximum Gasteiger partial charge on any atom is 0.204 e. The monoisotopic (exact) mass is 437 g/mol. The summed E-state index contributed by atoms with van der Waals surface area (Å²) in [6.07, 6.45) is 2.86. The number of methoxy groups -OCH3 is 1. The molecule has 1 aromatic heterocycles. The van der Waals surface area contributed by atoms with E-state index >= 15 is 0 Å². The molecule has 0 bridgehead atoms. The maximum atomic E-state index is 13.8. The number of sulfone groups is 1. The molecule has 5 nitrogen and oxygen atoms in total. The molecule has 0 fully saturated rings. The lowest BCUT2D eigenvalue weighted by molar-refractivity contribution is 0.415. The number of aromatic hydroxyl groups is 1. The van der Waals surface area contributed by atoms with Crippen LogP contribution in [-0.2, 0) is 9.84 Å². The van der Waals surface area contributed by atoms with Gasteiger partial charge in [0.05, 0.1) is 23.3 Å². The molecule has 1 heterocycles. The minimum absolute atomic E-state index is 0.0574. The van der Waals surface area contributed by atoms with Gasteiger partial charge in [-0.25, -0.2) is 12.8 Å². The van der Waals surface area contributed by atoms with Gasteiger partial charge in [0.15, 0.2) is 9.84 Å². The second-order valence-corrected chi connectivity index (χ2v) is 9.13. The van der Waals surface area contributed by atoms with E-state index in [0.29, 0.717) is 28.1 Å². The average Bonchev–Trinajstić information content (AvgIpc) is 3.10. The van der Waals surface area contributed by atoms with E-state index in [1.54, 1.807) is 49.7 Å². The normalized spacial score (nSPS) is 11.5. The summed E-state index contributed by atoms with van der Waals surface area (Å²) in [7, 11) is -1.76. The Balaban J connectivity index is 1.93. The Bertz CT molecular complexity index is 1340. The van der Waals surface area contributed by atoms with Gasteiger partial charge in [0.1, 0.15) is 11.6 Å². The lowest BCUT2D eigenvalue weighted by Gasteiger charge is -2.08. The molecule has 0 saturated carbocycles. The van der Waals surface area contributed by atoms with E-state index in [4.69, 9.17) is 4.74 Å². The van der Waals surface area contributed by atoms with Gasteiger partial charge in [-0.15, -0.1) is 0 Å². The quantitative estimate of drug-likeness (QED) is 0.473. The van der Waals surface area contributed by atoms with Gasteiger partial charge in [-0.2, -0.15) is 0 Å². The van der Waals surface area contributed by atoms with Gasteiger partial charge < -0.3 is 9.84 Å². The number of hydrogen-bond acceptors (Lipinski definition) is 4. The molecule has 0 atom stereocenters. The molecule has 3 aromatic carbocycles. The van der Waals surface area contributed by atoms with Crippen LogP contribution in [0, 0.1) is 5.82 Å². The van der Waals surface area contributed by atoms with Gasteiger partial charge >= 0.3 is 0 Å². The fourth-order valence-electron chi connectivity index (χ4n) is 3.46. The van der Waals surface area contributed by atoms with E-state index in [2.05, 4.69) is 0 Å². The van der Waals surface area contributed by atoms with Crippen LogP contribution in [0.3, 0.4) is 0 Å². The number of benzene rings is 3. The fourth-order valence-corrected chi connectivity index (χ4v) is 4.09. The van der Waals surface area contributed by atoms with Crippen molar-refractivity contribution in [3.63, 3.8) is 0 Å². The third-order valence-corrected chi connectivity index (χ3v) is 6.17. The van der Waals surface area contributed by atoms with Crippen molar-refractivity contribution in [2.75, 3.05) is 13.4 Å². The molecule has 158 valence electrons. The second kappa shape index (κ2) is 7.92. The van der Waals surface area contributed by atoms with Gasteiger partial charge in [0, 0.05) is 18.0 Å². The van der Waals surface area contributed by atoms with Crippen LogP contribution in [0.2, 0.25) is 0 Å². The van der Waals surface area contributed by atoms with Crippen molar-refractivity contribution >= 4 is 9.84 Å². The predicted molar refractivity (Wildman–Crippen MR) is 118 cm³/mol. The molecule has 31 heavy (non-hydrogen) atoms. The topological polar surface area (TPSA) is 68.5 Å². The Morgan fingerprint density at radius 3 is 2.16 bits per heavy atom. The van der Waals surface area contributed by atoms with E-state index in [-0.39, 0.29) is 10.8 Å². The molecule has 0 aliphatic heterocycles. The average molecular weight is 437 g/mol. The van der Waals surface area contributed by atoms with Crippen LogP contribution in [0.4, 0.5) is 4.39 Å². The summed E-state index contributed by atoms with van der Waals surface area (Å²) in [5, 5.41) is 11.1. The van der Waals surface area contributed by atoms with Gasteiger partial charge in [0.2, 0.25) is 5.88 Å². The molecule has 0 radical (unpaired) electrons. The lowest BCUT2D eigenvalue weighted by atomic mass is 9.98. The molecule has 4 aromatic rings. The SMILES string of the molecule is COc1ccc(-c2c(-c3ccc(S(C)(=O)=O)cc3)cn(-c3cccc(F)c3)c2O)cc1. The number of rotatable bonds is 5. The largest absolute Gasteiger partial charge is 0.497 e. The van der Waals surface area contributed by atoms with Crippen molar-refractivity contribution in [3.8, 4) is 39.6 Å². The minimum Gasteiger partial charge on any atom is -0.497 e. The molecule has 0 aliphatic rings. The number of halogens is 1. The minimum atomic E-state index is -3.33. The summed E-state index contributed by atoms with van der Waals surface area (Å²) in [6.45, 7) is 0. The van der Waals surface area contributed by atoms with Crippen LogP contribution in [0.5, 0.6) is 11.6 Å². The molecule has 0 spiro atoms. The van der Waals surface area contributed by atoms with Crippen LogP contribution in [0.1, 0.15) is 0 Å². The Morgan fingerprint density at radius 2 is 1.58 bits per heavy atom. The van der Waals surface area contributed by atoms with E-state index in [0.717, 1.165) is 11.8 Å². The highest BCUT2D eigenvalue weighted by Crippen LogP contribution is 2.42. The standard InChI is InChI=1S/C24H20FNO4S/c1-30-20-10-6-17(7-11-20)23-22(16-8-12-21(13-9-16)31(2,28)29)15-26(24(23)27)19-5-3-4-18(25)14-19/h3-15,27H,1-2H3. The van der Waals surface area contributed by atoms with Gasteiger partial charge in [-0.1, -0.05) is 30.3 Å². The zero-order valence-corrected chi connectivity index (χ0v) is 17.7. The zero-order chi connectivity index (χ0) is 22.2. The van der Waals surface area contributed by atoms with Crippen LogP contribution >= 0.6 is 0 Å². The first-order valence-electron chi connectivity index (χ1n) is 9.43. The summed E-state index contributed by atoms with van der Waals surface area (Å²) in [4.78, 5) is 0.205. The molecule has 1 N–H and O–H groups in total. The van der Waals surface area contributed by atoms with Gasteiger partial charge in [-0.05, 0) is 53.6 Å². The van der Waals surface area contributed by atoms with Crippen molar-refractivity contribution < 1.29 is 22.7 Å². The number of ether oxygens (including phenoxy) is 1. The Morgan fingerprint density at radius 1 is 0.935 bits per heavy atom. The van der Waals surface area contributed by atoms with Crippen molar-refractivity contribution in [1.82, 2.24) is 4.57 Å². The van der Waals surface area contributed by atoms with Crippen LogP contribution in [0.25, 0.3) is 27.9 Å². The predicted octanol–water partition coefficient (Wildman–Crippen LogP) is 5.07. The molecule has 0 saturated heterocycles. The van der Waals surface area contributed by atoms with Crippen LogP contribution in [0.15, 0.2) is 83.9 Å². The Labute approximate surface area is 179 Å².